The van der Waals surface area contributed by atoms with Crippen molar-refractivity contribution in [2.24, 2.45) is 0 Å². The van der Waals surface area contributed by atoms with Gasteiger partial charge in [-0.1, -0.05) is 35.9 Å². The number of likely N-dealkylation sites (tertiary alicyclic amines) is 1. The molecule has 0 bridgehead atoms. The number of carbonyl (C=O) groups is 2. The first-order valence-corrected chi connectivity index (χ1v) is 10.8. The molecule has 3 aromatic rings. The molecule has 2 amide bonds. The van der Waals surface area contributed by atoms with Gasteiger partial charge in [-0.2, -0.15) is 5.10 Å². The smallest absolute Gasteiger partial charge is 0.262 e. The summed E-state index contributed by atoms with van der Waals surface area (Å²) < 4.78 is 1.76. The Bertz CT molecular complexity index is 1050. The summed E-state index contributed by atoms with van der Waals surface area (Å²) in [7, 11) is 0. The lowest BCUT2D eigenvalue weighted by atomic mass is 10.1. The van der Waals surface area contributed by atoms with Gasteiger partial charge in [-0.25, -0.2) is 4.68 Å². The summed E-state index contributed by atoms with van der Waals surface area (Å²) in [5, 5.41) is 4.44. The third-order valence-corrected chi connectivity index (χ3v) is 5.83. The fourth-order valence-electron chi connectivity index (χ4n) is 3.98. The standard InChI is InChI=1S/C25H28N4O2/c1-19-11-13-21(14-12-19)28(18-24(30)27-15-7-4-8-16-27)25(31)23-17-26-29(20(23)2)22-9-5-3-6-10-22/h3,5-6,9-14,17H,4,7-8,15-16,18H2,1-2H3. The first-order chi connectivity index (χ1) is 15.0. The summed E-state index contributed by atoms with van der Waals surface area (Å²) in [6.45, 7) is 5.44. The lowest BCUT2D eigenvalue weighted by molar-refractivity contribution is -0.130. The largest absolute Gasteiger partial charge is 0.341 e. The van der Waals surface area contributed by atoms with Crippen molar-refractivity contribution < 1.29 is 9.59 Å². The van der Waals surface area contributed by atoms with Crippen LogP contribution in [0.15, 0.2) is 60.8 Å². The van der Waals surface area contributed by atoms with Crippen LogP contribution in [-0.2, 0) is 4.79 Å². The molecule has 2 heterocycles. The van der Waals surface area contributed by atoms with Crippen molar-refractivity contribution in [2.75, 3.05) is 24.5 Å². The van der Waals surface area contributed by atoms with Crippen LogP contribution in [0.2, 0.25) is 0 Å². The average Bonchev–Trinajstić information content (AvgIpc) is 3.20. The average molecular weight is 417 g/mol. The summed E-state index contributed by atoms with van der Waals surface area (Å²) in [6.07, 6.45) is 4.79. The molecule has 6 nitrogen and oxygen atoms in total. The number of hydrogen-bond acceptors (Lipinski definition) is 3. The predicted octanol–water partition coefficient (Wildman–Crippen LogP) is 4.15. The van der Waals surface area contributed by atoms with E-state index in [9.17, 15) is 9.59 Å². The number of amides is 2. The van der Waals surface area contributed by atoms with Gasteiger partial charge in [0.25, 0.3) is 5.91 Å². The number of nitrogens with zero attached hydrogens (tertiary/aromatic N) is 4. The molecule has 0 aliphatic carbocycles. The Balaban J connectivity index is 1.65. The van der Waals surface area contributed by atoms with E-state index < -0.39 is 0 Å². The maximum Gasteiger partial charge on any atom is 0.262 e. The minimum atomic E-state index is -0.214. The van der Waals surface area contributed by atoms with Gasteiger partial charge in [-0.3, -0.25) is 14.5 Å². The molecule has 1 aromatic heterocycles. The van der Waals surface area contributed by atoms with Gasteiger partial charge in [0, 0.05) is 18.8 Å². The SMILES string of the molecule is Cc1ccc(N(CC(=O)N2CCCCC2)C(=O)c2cnn(-c3ccccc3)c2C)cc1. The zero-order chi connectivity index (χ0) is 21.8. The van der Waals surface area contributed by atoms with Crippen molar-refractivity contribution in [1.82, 2.24) is 14.7 Å². The highest BCUT2D eigenvalue weighted by Gasteiger charge is 2.27. The fraction of sp³-hybridized carbons (Fsp3) is 0.320. The van der Waals surface area contributed by atoms with E-state index in [0.717, 1.165) is 49.3 Å². The van der Waals surface area contributed by atoms with E-state index in [4.69, 9.17) is 0 Å². The number of rotatable bonds is 5. The van der Waals surface area contributed by atoms with Crippen LogP contribution in [0.5, 0.6) is 0 Å². The van der Waals surface area contributed by atoms with Crippen molar-refractivity contribution in [3.8, 4) is 5.69 Å². The van der Waals surface area contributed by atoms with Crippen LogP contribution < -0.4 is 4.90 Å². The van der Waals surface area contributed by atoms with Crippen LogP contribution in [0.25, 0.3) is 5.69 Å². The van der Waals surface area contributed by atoms with Gasteiger partial charge in [-0.05, 0) is 57.4 Å². The topological polar surface area (TPSA) is 58.4 Å². The first kappa shape index (κ1) is 20.8. The molecule has 31 heavy (non-hydrogen) atoms. The summed E-state index contributed by atoms with van der Waals surface area (Å²) in [5.41, 5.74) is 3.96. The third kappa shape index (κ3) is 4.53. The van der Waals surface area contributed by atoms with Crippen LogP contribution in [-0.4, -0.2) is 46.1 Å². The molecule has 0 unspecified atom stereocenters. The summed E-state index contributed by atoms with van der Waals surface area (Å²) >= 11 is 0. The van der Waals surface area contributed by atoms with Gasteiger partial charge in [0.15, 0.2) is 0 Å². The van der Waals surface area contributed by atoms with Gasteiger partial charge >= 0.3 is 0 Å². The molecule has 2 aromatic carbocycles. The number of para-hydroxylation sites is 1. The van der Waals surface area contributed by atoms with E-state index in [1.165, 1.54) is 0 Å². The second-order valence-electron chi connectivity index (χ2n) is 8.06. The van der Waals surface area contributed by atoms with Crippen LogP contribution in [0, 0.1) is 13.8 Å². The molecular formula is C25H28N4O2. The Kier molecular flexibility index (Phi) is 6.16. The van der Waals surface area contributed by atoms with E-state index in [0.29, 0.717) is 11.3 Å². The van der Waals surface area contributed by atoms with Gasteiger partial charge in [0.2, 0.25) is 5.91 Å². The van der Waals surface area contributed by atoms with Gasteiger partial charge in [-0.15, -0.1) is 0 Å². The van der Waals surface area contributed by atoms with Crippen LogP contribution in [0.3, 0.4) is 0 Å². The second-order valence-corrected chi connectivity index (χ2v) is 8.06. The number of benzene rings is 2. The van der Waals surface area contributed by atoms with Gasteiger partial charge in [0.1, 0.15) is 6.54 Å². The van der Waals surface area contributed by atoms with Crippen molar-refractivity contribution in [2.45, 2.75) is 33.1 Å². The van der Waals surface area contributed by atoms with Crippen molar-refractivity contribution in [3.05, 3.63) is 77.6 Å². The Morgan fingerprint density at radius 2 is 1.61 bits per heavy atom. The second kappa shape index (κ2) is 9.16. The van der Waals surface area contributed by atoms with E-state index >= 15 is 0 Å². The van der Waals surface area contributed by atoms with E-state index in [1.54, 1.807) is 15.8 Å². The van der Waals surface area contributed by atoms with E-state index in [-0.39, 0.29) is 18.4 Å². The van der Waals surface area contributed by atoms with Crippen LogP contribution in [0.4, 0.5) is 5.69 Å². The maximum atomic E-state index is 13.6. The molecule has 0 N–H and O–H groups in total. The minimum absolute atomic E-state index is 0.0123. The Labute approximate surface area is 183 Å². The first-order valence-electron chi connectivity index (χ1n) is 10.8. The number of aryl methyl sites for hydroxylation is 1. The molecular weight excluding hydrogens is 388 g/mol. The highest BCUT2D eigenvalue weighted by atomic mass is 16.2. The third-order valence-electron chi connectivity index (χ3n) is 5.83. The zero-order valence-electron chi connectivity index (χ0n) is 18.1. The summed E-state index contributed by atoms with van der Waals surface area (Å²) in [6, 6.07) is 17.4. The maximum absolute atomic E-state index is 13.6. The Hall–Kier alpha value is -3.41. The van der Waals surface area contributed by atoms with Crippen LogP contribution in [0.1, 0.15) is 40.9 Å². The Morgan fingerprint density at radius 1 is 0.935 bits per heavy atom. The normalized spacial score (nSPS) is 13.8. The lowest BCUT2D eigenvalue weighted by Crippen LogP contribution is -2.45. The monoisotopic (exact) mass is 416 g/mol. The Morgan fingerprint density at radius 3 is 2.29 bits per heavy atom. The van der Waals surface area contributed by atoms with E-state index in [1.807, 2.05) is 73.3 Å². The number of aromatic nitrogens is 2. The molecule has 160 valence electrons. The predicted molar refractivity (Wildman–Crippen MR) is 122 cm³/mol. The quantitative estimate of drug-likeness (QED) is 0.628. The van der Waals surface area contributed by atoms with Crippen LogP contribution >= 0.6 is 0 Å². The van der Waals surface area contributed by atoms with Gasteiger partial charge < -0.3 is 4.90 Å². The molecule has 0 saturated carbocycles. The van der Waals surface area contributed by atoms with Crippen molar-refractivity contribution in [1.29, 1.82) is 0 Å². The number of carbonyl (C=O) groups excluding carboxylic acids is 2. The molecule has 1 aliphatic heterocycles. The summed E-state index contributed by atoms with van der Waals surface area (Å²) in [5.74, 6) is -0.226. The molecule has 6 heteroatoms. The number of hydrogen-bond donors (Lipinski definition) is 0. The molecule has 0 spiro atoms. The molecule has 1 saturated heterocycles. The number of piperidine rings is 1. The molecule has 4 rings (SSSR count). The fourth-order valence-corrected chi connectivity index (χ4v) is 3.98. The minimum Gasteiger partial charge on any atom is -0.341 e. The van der Waals surface area contributed by atoms with Crippen molar-refractivity contribution in [3.63, 3.8) is 0 Å². The van der Waals surface area contributed by atoms with Crippen molar-refractivity contribution >= 4 is 17.5 Å². The molecule has 0 atom stereocenters. The van der Waals surface area contributed by atoms with Gasteiger partial charge in [0.05, 0.1) is 23.1 Å². The highest BCUT2D eigenvalue weighted by Crippen LogP contribution is 2.22. The lowest BCUT2D eigenvalue weighted by Gasteiger charge is -2.30. The highest BCUT2D eigenvalue weighted by molar-refractivity contribution is 6.09. The molecule has 1 fully saturated rings. The number of anilines is 1. The summed E-state index contributed by atoms with van der Waals surface area (Å²) in [4.78, 5) is 30.1. The molecule has 1 aliphatic rings. The molecule has 0 radical (unpaired) electrons. The zero-order valence-corrected chi connectivity index (χ0v) is 18.1. The van der Waals surface area contributed by atoms with E-state index in [2.05, 4.69) is 5.10 Å².